The molecule has 2 aromatic heterocycles. The fourth-order valence-electron chi connectivity index (χ4n) is 5.92. The average molecular weight is 497 g/mol. The summed E-state index contributed by atoms with van der Waals surface area (Å²) in [5.74, 6) is 0. The first-order valence-corrected chi connectivity index (χ1v) is 13.3. The molecule has 0 spiro atoms. The minimum Gasteiger partial charge on any atom is -0.309 e. The summed E-state index contributed by atoms with van der Waals surface area (Å²) in [5, 5.41) is 7.61. The molecule has 8 rings (SSSR count). The van der Waals surface area contributed by atoms with E-state index in [0.717, 1.165) is 28.2 Å². The first-order valence-electron chi connectivity index (χ1n) is 13.3. The molecule has 39 heavy (non-hydrogen) atoms. The highest BCUT2D eigenvalue weighted by Gasteiger charge is 2.17. The average Bonchev–Trinajstić information content (AvgIpc) is 3.35. The van der Waals surface area contributed by atoms with E-state index in [1.165, 1.54) is 43.4 Å². The van der Waals surface area contributed by atoms with Crippen molar-refractivity contribution in [2.75, 3.05) is 0 Å². The van der Waals surface area contributed by atoms with Crippen LogP contribution in [0.25, 0.3) is 71.6 Å². The van der Waals surface area contributed by atoms with E-state index >= 15 is 0 Å². The van der Waals surface area contributed by atoms with Crippen LogP contribution in [-0.4, -0.2) is 9.55 Å². The number of pyridine rings is 1. The van der Waals surface area contributed by atoms with Gasteiger partial charge in [-0.3, -0.25) is 0 Å². The van der Waals surface area contributed by atoms with Crippen LogP contribution in [0.2, 0.25) is 0 Å². The normalized spacial score (nSPS) is 11.6. The molecule has 0 aliphatic rings. The van der Waals surface area contributed by atoms with Gasteiger partial charge in [-0.1, -0.05) is 109 Å². The number of hydrogen-bond acceptors (Lipinski definition) is 1. The van der Waals surface area contributed by atoms with Crippen LogP contribution in [0.3, 0.4) is 0 Å². The fraction of sp³-hybridized carbons (Fsp3) is 0. The van der Waals surface area contributed by atoms with Gasteiger partial charge in [0.1, 0.15) is 0 Å². The van der Waals surface area contributed by atoms with Gasteiger partial charge in [0.25, 0.3) is 0 Å². The standard InChI is InChI=1S/C37H24N2/c1-3-11-25(12-4-1)33-23-30(24-34(38-33)26-13-5-2-6-14-26)39-35-18-10-9-17-31(35)37-32-22-28-16-8-7-15-27(28)21-29(32)19-20-36(37)39/h1-24H. The molecule has 0 radical (unpaired) electrons. The van der Waals surface area contributed by atoms with Gasteiger partial charge in [0.05, 0.1) is 28.1 Å². The molecule has 2 nitrogen and oxygen atoms in total. The van der Waals surface area contributed by atoms with E-state index in [4.69, 9.17) is 4.98 Å². The van der Waals surface area contributed by atoms with Crippen LogP contribution in [0.15, 0.2) is 146 Å². The predicted octanol–water partition coefficient (Wildman–Crippen LogP) is 9.82. The lowest BCUT2D eigenvalue weighted by Crippen LogP contribution is -1.98. The van der Waals surface area contributed by atoms with E-state index in [-0.39, 0.29) is 0 Å². The Morgan fingerprint density at radius 1 is 0.410 bits per heavy atom. The Labute approximate surface area is 226 Å². The zero-order valence-corrected chi connectivity index (χ0v) is 21.3. The third-order valence-corrected chi connectivity index (χ3v) is 7.73. The van der Waals surface area contributed by atoms with Gasteiger partial charge >= 0.3 is 0 Å². The van der Waals surface area contributed by atoms with Crippen LogP contribution >= 0.6 is 0 Å². The minimum atomic E-state index is 0.963. The molecule has 0 saturated carbocycles. The number of rotatable bonds is 3. The number of fused-ring (bicyclic) bond motifs is 6. The van der Waals surface area contributed by atoms with Gasteiger partial charge in [-0.2, -0.15) is 0 Å². The molecule has 2 heteroatoms. The van der Waals surface area contributed by atoms with Crippen molar-refractivity contribution in [1.82, 2.24) is 9.55 Å². The maximum absolute atomic E-state index is 5.11. The number of para-hydroxylation sites is 1. The van der Waals surface area contributed by atoms with Crippen molar-refractivity contribution >= 4 is 43.4 Å². The second kappa shape index (κ2) is 8.68. The van der Waals surface area contributed by atoms with Gasteiger partial charge in [0, 0.05) is 21.9 Å². The Hall–Kier alpha value is -5.21. The highest BCUT2D eigenvalue weighted by atomic mass is 15.0. The molecule has 0 N–H and O–H groups in total. The summed E-state index contributed by atoms with van der Waals surface area (Å²) in [6.45, 7) is 0. The molecule has 8 aromatic rings. The lowest BCUT2D eigenvalue weighted by Gasteiger charge is -2.13. The summed E-state index contributed by atoms with van der Waals surface area (Å²) in [5.41, 5.74) is 7.63. The van der Waals surface area contributed by atoms with Crippen LogP contribution in [0.5, 0.6) is 0 Å². The first-order chi connectivity index (χ1) is 19.3. The van der Waals surface area contributed by atoms with Gasteiger partial charge < -0.3 is 4.57 Å². The van der Waals surface area contributed by atoms with Crippen molar-refractivity contribution < 1.29 is 0 Å². The van der Waals surface area contributed by atoms with E-state index in [1.807, 2.05) is 12.1 Å². The van der Waals surface area contributed by atoms with Crippen molar-refractivity contribution in [1.29, 1.82) is 0 Å². The lowest BCUT2D eigenvalue weighted by atomic mass is 9.99. The Bertz CT molecular complexity index is 2100. The van der Waals surface area contributed by atoms with Gasteiger partial charge in [-0.15, -0.1) is 0 Å². The highest BCUT2D eigenvalue weighted by Crippen LogP contribution is 2.39. The molecule has 6 aromatic carbocycles. The summed E-state index contributed by atoms with van der Waals surface area (Å²) in [6, 6.07) is 51.9. The summed E-state index contributed by atoms with van der Waals surface area (Å²) >= 11 is 0. The van der Waals surface area contributed by atoms with E-state index in [2.05, 4.69) is 138 Å². The fourth-order valence-corrected chi connectivity index (χ4v) is 5.92. The molecule has 0 aliphatic carbocycles. The topological polar surface area (TPSA) is 17.8 Å². The summed E-state index contributed by atoms with van der Waals surface area (Å²) in [7, 11) is 0. The molecule has 0 unspecified atom stereocenters. The number of hydrogen-bond donors (Lipinski definition) is 0. The minimum absolute atomic E-state index is 0.963. The van der Waals surface area contributed by atoms with Crippen molar-refractivity contribution in [3.05, 3.63) is 146 Å². The van der Waals surface area contributed by atoms with Gasteiger partial charge in [0.2, 0.25) is 0 Å². The number of benzene rings is 6. The van der Waals surface area contributed by atoms with Crippen LogP contribution in [0.4, 0.5) is 0 Å². The number of aromatic nitrogens is 2. The van der Waals surface area contributed by atoms with E-state index in [1.54, 1.807) is 0 Å². The molecule has 0 amide bonds. The molecule has 182 valence electrons. The Morgan fingerprint density at radius 3 is 1.69 bits per heavy atom. The Kier molecular flexibility index (Phi) is 4.86. The molecule has 0 aliphatic heterocycles. The molecular formula is C37H24N2. The Morgan fingerprint density at radius 2 is 1.00 bits per heavy atom. The molecule has 0 saturated heterocycles. The van der Waals surface area contributed by atoms with Crippen molar-refractivity contribution in [2.24, 2.45) is 0 Å². The van der Waals surface area contributed by atoms with E-state index in [9.17, 15) is 0 Å². The van der Waals surface area contributed by atoms with Crippen LogP contribution < -0.4 is 0 Å². The van der Waals surface area contributed by atoms with Crippen molar-refractivity contribution in [2.45, 2.75) is 0 Å². The van der Waals surface area contributed by atoms with Crippen molar-refractivity contribution in [3.63, 3.8) is 0 Å². The maximum atomic E-state index is 5.11. The number of nitrogens with zero attached hydrogens (tertiary/aromatic N) is 2. The summed E-state index contributed by atoms with van der Waals surface area (Å²) in [4.78, 5) is 5.11. The van der Waals surface area contributed by atoms with Gasteiger partial charge in [0.15, 0.2) is 0 Å². The maximum Gasteiger partial charge on any atom is 0.0730 e. The summed E-state index contributed by atoms with van der Waals surface area (Å²) < 4.78 is 2.40. The smallest absolute Gasteiger partial charge is 0.0730 e. The van der Waals surface area contributed by atoms with Crippen LogP contribution in [0, 0.1) is 0 Å². The van der Waals surface area contributed by atoms with Crippen molar-refractivity contribution in [3.8, 4) is 28.2 Å². The molecule has 0 bridgehead atoms. The van der Waals surface area contributed by atoms with E-state index < -0.39 is 0 Å². The lowest BCUT2D eigenvalue weighted by molar-refractivity contribution is 1.16. The van der Waals surface area contributed by atoms with Gasteiger partial charge in [-0.05, 0) is 57.9 Å². The second-order valence-corrected chi connectivity index (χ2v) is 10.1. The third-order valence-electron chi connectivity index (χ3n) is 7.73. The quantitative estimate of drug-likeness (QED) is 0.223. The predicted molar refractivity (Wildman–Crippen MR) is 164 cm³/mol. The Balaban J connectivity index is 1.48. The molecule has 2 heterocycles. The monoisotopic (exact) mass is 496 g/mol. The summed E-state index contributed by atoms with van der Waals surface area (Å²) in [6.07, 6.45) is 0. The largest absolute Gasteiger partial charge is 0.309 e. The van der Waals surface area contributed by atoms with E-state index in [0.29, 0.717) is 0 Å². The molecule has 0 atom stereocenters. The van der Waals surface area contributed by atoms with Gasteiger partial charge in [-0.25, -0.2) is 4.98 Å². The zero-order valence-electron chi connectivity index (χ0n) is 21.3. The first kappa shape index (κ1) is 21.8. The third kappa shape index (κ3) is 3.53. The zero-order chi connectivity index (χ0) is 25.8. The SMILES string of the molecule is c1ccc(-c2cc(-n3c4ccccc4c4c5cc6ccccc6cc5ccc43)cc(-c3ccccc3)n2)cc1. The van der Waals surface area contributed by atoms with Crippen LogP contribution in [0.1, 0.15) is 0 Å². The highest BCUT2D eigenvalue weighted by molar-refractivity contribution is 6.23. The molecular weight excluding hydrogens is 472 g/mol. The second-order valence-electron chi connectivity index (χ2n) is 10.1. The molecule has 0 fully saturated rings. The van der Waals surface area contributed by atoms with Crippen LogP contribution in [-0.2, 0) is 0 Å².